The van der Waals surface area contributed by atoms with Crippen LogP contribution in [0.15, 0.2) is 85.1 Å². The number of nitriles is 1. The lowest BCUT2D eigenvalue weighted by atomic mass is 10.1. The molecular weight excluding hydrogens is 500 g/mol. The molecule has 9 nitrogen and oxygen atoms in total. The van der Waals surface area contributed by atoms with E-state index in [0.29, 0.717) is 47.7 Å². The van der Waals surface area contributed by atoms with E-state index in [1.165, 1.54) is 0 Å². The predicted octanol–water partition coefficient (Wildman–Crippen LogP) is 5.64. The van der Waals surface area contributed by atoms with Gasteiger partial charge in [0, 0.05) is 18.4 Å². The summed E-state index contributed by atoms with van der Waals surface area (Å²) in [5.41, 5.74) is 6.22. The zero-order chi connectivity index (χ0) is 27.9. The molecule has 0 aliphatic heterocycles. The number of aromatic nitrogens is 6. The van der Waals surface area contributed by atoms with Gasteiger partial charge in [-0.05, 0) is 41.8 Å². The van der Waals surface area contributed by atoms with Crippen molar-refractivity contribution in [1.29, 1.82) is 5.26 Å². The number of benzene rings is 2. The van der Waals surface area contributed by atoms with E-state index < -0.39 is 0 Å². The molecule has 1 unspecified atom stereocenters. The van der Waals surface area contributed by atoms with Crippen LogP contribution in [0, 0.1) is 11.3 Å². The van der Waals surface area contributed by atoms with Gasteiger partial charge < -0.3 is 10.1 Å². The minimum Gasteiger partial charge on any atom is -0.382 e. The van der Waals surface area contributed by atoms with E-state index in [1.807, 2.05) is 79.0 Å². The Morgan fingerprint density at radius 1 is 0.900 bits per heavy atom. The third-order valence-corrected chi connectivity index (χ3v) is 6.40. The zero-order valence-electron chi connectivity index (χ0n) is 22.7. The van der Waals surface area contributed by atoms with E-state index in [2.05, 4.69) is 35.5 Å². The molecule has 40 heavy (non-hydrogen) atoms. The lowest BCUT2D eigenvalue weighted by Gasteiger charge is -2.19. The average Bonchev–Trinajstić information content (AvgIpc) is 3.46. The fourth-order valence-electron chi connectivity index (χ4n) is 4.33. The Hall–Kier alpha value is -4.94. The predicted molar refractivity (Wildman–Crippen MR) is 153 cm³/mol. The van der Waals surface area contributed by atoms with E-state index in [1.54, 1.807) is 17.9 Å². The summed E-state index contributed by atoms with van der Waals surface area (Å²) in [4.78, 5) is 14.4. The van der Waals surface area contributed by atoms with Crippen LogP contribution in [0.1, 0.15) is 48.3 Å². The number of pyridine rings is 1. The highest BCUT2D eigenvalue weighted by atomic mass is 16.5. The molecule has 5 aromatic rings. The molecule has 3 heterocycles. The number of hydrogen-bond donors (Lipinski definition) is 1. The van der Waals surface area contributed by atoms with Crippen molar-refractivity contribution in [2.75, 3.05) is 19.0 Å². The quantitative estimate of drug-likeness (QED) is 0.247. The summed E-state index contributed by atoms with van der Waals surface area (Å²) in [6, 6.07) is 27.3. The number of nitrogens with zero attached hydrogens (tertiary/aromatic N) is 7. The Morgan fingerprint density at radius 2 is 1.70 bits per heavy atom. The first-order chi connectivity index (χ1) is 19.5. The van der Waals surface area contributed by atoms with Gasteiger partial charge in [0.2, 0.25) is 5.95 Å². The molecule has 0 fully saturated rings. The molecule has 9 heteroatoms. The van der Waals surface area contributed by atoms with Gasteiger partial charge in [-0.1, -0.05) is 67.6 Å². The fraction of sp³-hybridized carbons (Fsp3) is 0.226. The SMILES string of the molecule is COCC(Nc1nc(-c2cccc(C#N)c2)cc(-c2cn(Cc3cccc(C(C)C)n3)nn2)n1)c1ccccc1. The Morgan fingerprint density at radius 3 is 2.48 bits per heavy atom. The molecule has 2 aromatic carbocycles. The first-order valence-electron chi connectivity index (χ1n) is 13.1. The summed E-state index contributed by atoms with van der Waals surface area (Å²) in [7, 11) is 1.66. The molecular formula is C31H30N8O. The molecule has 3 aromatic heterocycles. The average molecular weight is 531 g/mol. The summed E-state index contributed by atoms with van der Waals surface area (Å²) in [5, 5.41) is 21.6. The highest BCUT2D eigenvalue weighted by Gasteiger charge is 2.17. The molecule has 5 rings (SSSR count). The maximum Gasteiger partial charge on any atom is 0.224 e. The van der Waals surface area contributed by atoms with Crippen LogP contribution in [0.4, 0.5) is 5.95 Å². The summed E-state index contributed by atoms with van der Waals surface area (Å²) < 4.78 is 7.24. The standard InChI is InChI=1S/C31H30N8O/c1-21(2)26-14-8-13-25(33-26)18-39-19-29(37-38-39)28-16-27(24-12-7-9-22(15-24)17-32)34-31(35-28)36-30(20-40-3)23-10-5-4-6-11-23/h4-16,19,21,30H,18,20H2,1-3H3,(H,34,35,36). The molecule has 0 spiro atoms. The fourth-order valence-corrected chi connectivity index (χ4v) is 4.33. The van der Waals surface area contributed by atoms with Crippen LogP contribution in [0.3, 0.4) is 0 Å². The van der Waals surface area contributed by atoms with Crippen molar-refractivity contribution in [2.24, 2.45) is 0 Å². The Bertz CT molecular complexity index is 1620. The number of ether oxygens (including phenoxy) is 1. The van der Waals surface area contributed by atoms with Crippen molar-refractivity contribution in [3.8, 4) is 28.7 Å². The molecule has 0 aliphatic rings. The molecule has 0 saturated carbocycles. The third kappa shape index (κ3) is 6.37. The van der Waals surface area contributed by atoms with E-state index in [-0.39, 0.29) is 6.04 Å². The van der Waals surface area contributed by atoms with E-state index >= 15 is 0 Å². The Balaban J connectivity index is 1.51. The van der Waals surface area contributed by atoms with Crippen molar-refractivity contribution in [1.82, 2.24) is 29.9 Å². The van der Waals surface area contributed by atoms with E-state index in [4.69, 9.17) is 19.7 Å². The molecule has 1 atom stereocenters. The van der Waals surface area contributed by atoms with Gasteiger partial charge in [-0.15, -0.1) is 5.10 Å². The molecule has 0 radical (unpaired) electrons. The first-order valence-corrected chi connectivity index (χ1v) is 13.1. The summed E-state index contributed by atoms with van der Waals surface area (Å²) in [6.07, 6.45) is 1.86. The van der Waals surface area contributed by atoms with E-state index in [0.717, 1.165) is 22.5 Å². The lowest BCUT2D eigenvalue weighted by molar-refractivity contribution is 0.186. The van der Waals surface area contributed by atoms with Gasteiger partial charge in [0.25, 0.3) is 0 Å². The molecule has 200 valence electrons. The number of anilines is 1. The minimum atomic E-state index is -0.172. The zero-order valence-corrected chi connectivity index (χ0v) is 22.7. The normalized spacial score (nSPS) is 11.8. The third-order valence-electron chi connectivity index (χ3n) is 6.40. The lowest BCUT2D eigenvalue weighted by Crippen LogP contribution is -2.18. The van der Waals surface area contributed by atoms with Crippen molar-refractivity contribution in [2.45, 2.75) is 32.4 Å². The van der Waals surface area contributed by atoms with Gasteiger partial charge in [-0.3, -0.25) is 4.98 Å². The highest BCUT2D eigenvalue weighted by molar-refractivity contribution is 5.68. The Labute approximate surface area is 233 Å². The van der Waals surface area contributed by atoms with Crippen LogP contribution in [-0.2, 0) is 11.3 Å². The van der Waals surface area contributed by atoms with E-state index in [9.17, 15) is 5.26 Å². The Kier molecular flexibility index (Phi) is 8.18. The summed E-state index contributed by atoms with van der Waals surface area (Å²) in [5.74, 6) is 0.760. The van der Waals surface area contributed by atoms with Crippen molar-refractivity contribution >= 4 is 5.95 Å². The van der Waals surface area contributed by atoms with Crippen molar-refractivity contribution in [3.05, 3.63) is 108 Å². The largest absolute Gasteiger partial charge is 0.382 e. The first kappa shape index (κ1) is 26.7. The molecule has 0 aliphatic carbocycles. The van der Waals surface area contributed by atoms with Gasteiger partial charge in [0.05, 0.1) is 54.1 Å². The summed E-state index contributed by atoms with van der Waals surface area (Å²) >= 11 is 0. The van der Waals surface area contributed by atoms with Crippen LogP contribution < -0.4 is 5.32 Å². The van der Waals surface area contributed by atoms with Crippen molar-refractivity contribution < 1.29 is 4.74 Å². The van der Waals surface area contributed by atoms with Gasteiger partial charge >= 0.3 is 0 Å². The highest BCUT2D eigenvalue weighted by Crippen LogP contribution is 2.27. The number of nitrogens with one attached hydrogen (secondary N) is 1. The van der Waals surface area contributed by atoms with Crippen LogP contribution in [0.25, 0.3) is 22.6 Å². The summed E-state index contributed by atoms with van der Waals surface area (Å²) in [6.45, 7) is 5.17. The maximum atomic E-state index is 9.44. The maximum absolute atomic E-state index is 9.44. The topological polar surface area (TPSA) is 114 Å². The van der Waals surface area contributed by atoms with Crippen LogP contribution in [0.2, 0.25) is 0 Å². The second-order valence-electron chi connectivity index (χ2n) is 9.73. The van der Waals surface area contributed by atoms with Crippen LogP contribution in [0.5, 0.6) is 0 Å². The molecule has 0 saturated heterocycles. The van der Waals surface area contributed by atoms with Gasteiger partial charge in [0.1, 0.15) is 5.69 Å². The number of rotatable bonds is 10. The second-order valence-corrected chi connectivity index (χ2v) is 9.73. The number of hydrogen-bond acceptors (Lipinski definition) is 8. The minimum absolute atomic E-state index is 0.172. The van der Waals surface area contributed by atoms with Crippen LogP contribution in [-0.4, -0.2) is 43.7 Å². The van der Waals surface area contributed by atoms with Gasteiger partial charge in [0.15, 0.2) is 0 Å². The molecule has 1 N–H and O–H groups in total. The van der Waals surface area contributed by atoms with Gasteiger partial charge in [-0.25, -0.2) is 14.6 Å². The smallest absolute Gasteiger partial charge is 0.224 e. The van der Waals surface area contributed by atoms with Gasteiger partial charge in [-0.2, -0.15) is 5.26 Å². The van der Waals surface area contributed by atoms with Crippen LogP contribution >= 0.6 is 0 Å². The second kappa shape index (κ2) is 12.3. The molecule has 0 bridgehead atoms. The number of methoxy groups -OCH3 is 1. The molecule has 0 amide bonds. The van der Waals surface area contributed by atoms with Crippen molar-refractivity contribution in [3.63, 3.8) is 0 Å². The monoisotopic (exact) mass is 530 g/mol.